The molecule has 0 aromatic heterocycles. The lowest BCUT2D eigenvalue weighted by molar-refractivity contribution is -0.167. The van der Waals surface area contributed by atoms with Crippen LogP contribution in [0.15, 0.2) is 134 Å². The van der Waals surface area contributed by atoms with E-state index in [1.54, 1.807) is 0 Å². The number of hydrogen-bond donors (Lipinski definition) is 0. The first kappa shape index (κ1) is 78.5. The zero-order chi connectivity index (χ0) is 59.9. The molecule has 1 unspecified atom stereocenters. The number of allylic oxidation sites excluding steroid dienone is 22. The molecule has 0 rings (SSSR count). The van der Waals surface area contributed by atoms with Crippen molar-refractivity contribution in [3.05, 3.63) is 134 Å². The monoisotopic (exact) mass is 1150 g/mol. The topological polar surface area (TPSA) is 78.9 Å². The van der Waals surface area contributed by atoms with Gasteiger partial charge in [-0.2, -0.15) is 0 Å². The molecule has 0 spiro atoms. The maximum absolute atomic E-state index is 12.9. The van der Waals surface area contributed by atoms with Crippen molar-refractivity contribution >= 4 is 17.9 Å². The summed E-state index contributed by atoms with van der Waals surface area (Å²) < 4.78 is 16.9. The molecule has 0 fully saturated rings. The van der Waals surface area contributed by atoms with Gasteiger partial charge in [0.1, 0.15) is 13.2 Å². The maximum atomic E-state index is 12.9. The van der Waals surface area contributed by atoms with Gasteiger partial charge < -0.3 is 14.2 Å². The SMILES string of the molecule is CC/C=C\C/C=C\C/C=C\C/C=C\C/C=C\C/C=C\CCCCCCC(=O)OC(COC(=O)CCCCCCC/C=C\C/C=C\CCCCC)COC(=O)CCCCCCCCCCCCCC/C=C\C/C=C\C/C=C\CCCCCCC. The number of rotatable bonds is 62. The third-order valence-electron chi connectivity index (χ3n) is 14.6. The maximum Gasteiger partial charge on any atom is 0.306 e. The van der Waals surface area contributed by atoms with E-state index in [0.29, 0.717) is 19.3 Å². The van der Waals surface area contributed by atoms with Crippen molar-refractivity contribution in [3.8, 4) is 0 Å². The Balaban J connectivity index is 4.41. The number of unbranched alkanes of at least 4 members (excludes halogenated alkanes) is 29. The lowest BCUT2D eigenvalue weighted by Gasteiger charge is -2.18. The number of esters is 3. The van der Waals surface area contributed by atoms with Crippen molar-refractivity contribution in [2.75, 3.05) is 13.2 Å². The van der Waals surface area contributed by atoms with Crippen molar-refractivity contribution in [2.24, 2.45) is 0 Å². The lowest BCUT2D eigenvalue weighted by Crippen LogP contribution is -2.30. The largest absolute Gasteiger partial charge is 0.462 e. The van der Waals surface area contributed by atoms with Crippen molar-refractivity contribution in [1.82, 2.24) is 0 Å². The number of carbonyl (C=O) groups is 3. The summed E-state index contributed by atoms with van der Waals surface area (Å²) in [7, 11) is 0. The molecule has 0 aromatic carbocycles. The van der Waals surface area contributed by atoms with Gasteiger partial charge in [0.2, 0.25) is 0 Å². The third kappa shape index (κ3) is 68.2. The minimum absolute atomic E-state index is 0.0970. The fourth-order valence-corrected chi connectivity index (χ4v) is 9.43. The van der Waals surface area contributed by atoms with Crippen LogP contribution in [0, 0.1) is 0 Å². The van der Waals surface area contributed by atoms with Crippen LogP contribution >= 0.6 is 0 Å². The lowest BCUT2D eigenvalue weighted by atomic mass is 10.0. The zero-order valence-electron chi connectivity index (χ0n) is 54.2. The summed E-state index contributed by atoms with van der Waals surface area (Å²) in [6.45, 7) is 6.47. The van der Waals surface area contributed by atoms with Crippen LogP contribution in [0.5, 0.6) is 0 Å². The molecule has 83 heavy (non-hydrogen) atoms. The highest BCUT2D eigenvalue weighted by molar-refractivity contribution is 5.71. The molecule has 0 aliphatic heterocycles. The molecule has 0 aliphatic carbocycles. The highest BCUT2D eigenvalue weighted by atomic mass is 16.6. The molecule has 0 amide bonds. The Morgan fingerprint density at radius 2 is 0.470 bits per heavy atom. The first-order valence-corrected chi connectivity index (χ1v) is 34.7. The Kier molecular flexibility index (Phi) is 66.3. The summed E-state index contributed by atoms with van der Waals surface area (Å²) in [6.07, 6.45) is 98.9. The molecule has 0 radical (unpaired) electrons. The Morgan fingerprint density at radius 3 is 0.759 bits per heavy atom. The zero-order valence-corrected chi connectivity index (χ0v) is 54.2. The van der Waals surface area contributed by atoms with Crippen LogP contribution in [0.4, 0.5) is 0 Å². The second-order valence-corrected chi connectivity index (χ2v) is 22.7. The molecule has 6 nitrogen and oxygen atoms in total. The Labute approximate surface area is 513 Å². The Hall–Kier alpha value is -4.45. The fraction of sp³-hybridized carbons (Fsp3) is 0.675. The first-order chi connectivity index (χ1) is 41.0. The van der Waals surface area contributed by atoms with Crippen molar-refractivity contribution in [1.29, 1.82) is 0 Å². The quantitative estimate of drug-likeness (QED) is 0.0261. The highest BCUT2D eigenvalue weighted by Gasteiger charge is 2.19. The average molecular weight is 1150 g/mol. The van der Waals surface area contributed by atoms with E-state index >= 15 is 0 Å². The van der Waals surface area contributed by atoms with E-state index in [1.165, 1.54) is 128 Å². The predicted molar refractivity (Wildman–Crippen MR) is 362 cm³/mol. The molecule has 472 valence electrons. The van der Waals surface area contributed by atoms with E-state index in [1.807, 2.05) is 0 Å². The van der Waals surface area contributed by atoms with Gasteiger partial charge in [-0.3, -0.25) is 14.4 Å². The molecular weight excluding hydrogens is 1020 g/mol. The van der Waals surface area contributed by atoms with Gasteiger partial charge in [-0.25, -0.2) is 0 Å². The van der Waals surface area contributed by atoms with Gasteiger partial charge in [0.25, 0.3) is 0 Å². The Bertz CT molecular complexity index is 1750. The molecule has 0 heterocycles. The molecule has 6 heteroatoms. The molecule has 0 aromatic rings. The number of carbonyl (C=O) groups excluding carboxylic acids is 3. The van der Waals surface area contributed by atoms with Crippen LogP contribution in [0.25, 0.3) is 0 Å². The molecule has 0 bridgehead atoms. The van der Waals surface area contributed by atoms with Gasteiger partial charge in [0.05, 0.1) is 0 Å². The van der Waals surface area contributed by atoms with E-state index in [0.717, 1.165) is 148 Å². The molecule has 0 saturated heterocycles. The van der Waals surface area contributed by atoms with Crippen LogP contribution in [-0.4, -0.2) is 37.2 Å². The van der Waals surface area contributed by atoms with Crippen molar-refractivity contribution < 1.29 is 28.6 Å². The van der Waals surface area contributed by atoms with E-state index < -0.39 is 6.10 Å². The summed E-state index contributed by atoms with van der Waals surface area (Å²) in [5.74, 6) is -0.932. The van der Waals surface area contributed by atoms with Crippen molar-refractivity contribution in [2.45, 2.75) is 322 Å². The number of hydrogen-bond acceptors (Lipinski definition) is 6. The second-order valence-electron chi connectivity index (χ2n) is 22.7. The van der Waals surface area contributed by atoms with Crippen molar-refractivity contribution in [3.63, 3.8) is 0 Å². The first-order valence-electron chi connectivity index (χ1n) is 34.7. The fourth-order valence-electron chi connectivity index (χ4n) is 9.43. The van der Waals surface area contributed by atoms with Crippen LogP contribution < -0.4 is 0 Å². The van der Waals surface area contributed by atoms with Gasteiger partial charge >= 0.3 is 17.9 Å². The van der Waals surface area contributed by atoms with Crippen LogP contribution in [0.1, 0.15) is 316 Å². The van der Waals surface area contributed by atoms with Gasteiger partial charge in [-0.15, -0.1) is 0 Å². The van der Waals surface area contributed by atoms with Gasteiger partial charge in [-0.1, -0.05) is 289 Å². The van der Waals surface area contributed by atoms with E-state index in [2.05, 4.69) is 154 Å². The number of ether oxygens (including phenoxy) is 3. The molecular formula is C77H128O6. The van der Waals surface area contributed by atoms with Crippen LogP contribution in [0.3, 0.4) is 0 Å². The molecule has 0 saturated carbocycles. The average Bonchev–Trinajstić information content (AvgIpc) is 3.49. The minimum Gasteiger partial charge on any atom is -0.462 e. The van der Waals surface area contributed by atoms with E-state index in [9.17, 15) is 14.4 Å². The highest BCUT2D eigenvalue weighted by Crippen LogP contribution is 2.16. The smallest absolute Gasteiger partial charge is 0.306 e. The predicted octanol–water partition coefficient (Wildman–Crippen LogP) is 24.1. The van der Waals surface area contributed by atoms with Crippen LogP contribution in [0.2, 0.25) is 0 Å². The van der Waals surface area contributed by atoms with Gasteiger partial charge in [0, 0.05) is 19.3 Å². The van der Waals surface area contributed by atoms with Gasteiger partial charge in [-0.05, 0) is 141 Å². The third-order valence-corrected chi connectivity index (χ3v) is 14.6. The summed E-state index contributed by atoms with van der Waals surface area (Å²) in [5, 5.41) is 0. The molecule has 0 aliphatic rings. The summed E-state index contributed by atoms with van der Waals surface area (Å²) >= 11 is 0. The standard InChI is InChI=1S/C77H128O6/c1-4-7-10-13-16-19-22-25-28-30-32-34-36-37-38-39-41-42-44-46-49-52-55-58-61-64-67-70-76(79)82-73-74(72-81-75(78)69-66-63-60-57-54-51-48-27-24-21-18-15-12-9-6-3)83-77(80)71-68-65-62-59-56-53-50-47-45-43-40-35-33-31-29-26-23-20-17-14-11-8-5-2/h8,11,17-18,20-22,25-27,29-30,32-33,35-37,43,45,48,50,53,74H,4-7,9-10,12-16,19,23-24,28,31,34,38-42,44,46-47,49,51-52,54-73H2,1-3H3/b11-8-,20-17-,21-18-,25-22-,29-26-,32-30-,35-33-,37-36-,45-43-,48-27-,53-50-. The Morgan fingerprint density at radius 1 is 0.253 bits per heavy atom. The summed E-state index contributed by atoms with van der Waals surface area (Å²) in [4.78, 5) is 38.4. The summed E-state index contributed by atoms with van der Waals surface area (Å²) in [5.41, 5.74) is 0. The van der Waals surface area contributed by atoms with E-state index in [4.69, 9.17) is 14.2 Å². The van der Waals surface area contributed by atoms with Gasteiger partial charge in [0.15, 0.2) is 6.10 Å². The second kappa shape index (κ2) is 70.0. The van der Waals surface area contributed by atoms with Crippen LogP contribution in [-0.2, 0) is 28.6 Å². The molecule has 1 atom stereocenters. The minimum atomic E-state index is -0.805. The van der Waals surface area contributed by atoms with E-state index in [-0.39, 0.29) is 31.1 Å². The molecule has 0 N–H and O–H groups in total. The summed E-state index contributed by atoms with van der Waals surface area (Å²) in [6, 6.07) is 0. The normalized spacial score (nSPS) is 13.0.